The topological polar surface area (TPSA) is 74.4 Å². The molecule has 0 unspecified atom stereocenters. The highest BCUT2D eigenvalue weighted by Crippen LogP contribution is 2.13. The van der Waals surface area contributed by atoms with E-state index in [-0.39, 0.29) is 17.0 Å². The van der Waals surface area contributed by atoms with Crippen LogP contribution in [0.4, 0.5) is 0 Å². The van der Waals surface area contributed by atoms with Crippen molar-refractivity contribution < 1.29 is 9.53 Å². The van der Waals surface area contributed by atoms with E-state index in [1.54, 1.807) is 19.1 Å². The Labute approximate surface area is 146 Å². The minimum absolute atomic E-state index is 0.135. The van der Waals surface area contributed by atoms with Crippen LogP contribution in [0.15, 0.2) is 41.2 Å². The number of hydrogen-bond donors (Lipinski definition) is 2. The third-order valence-corrected chi connectivity index (χ3v) is 4.36. The van der Waals surface area contributed by atoms with Gasteiger partial charge >= 0.3 is 0 Å². The molecule has 0 spiro atoms. The van der Waals surface area contributed by atoms with Crippen LogP contribution in [0.3, 0.4) is 0 Å². The van der Waals surface area contributed by atoms with E-state index >= 15 is 0 Å². The van der Waals surface area contributed by atoms with E-state index in [0.29, 0.717) is 6.54 Å². The number of rotatable bonds is 5. The Morgan fingerprint density at radius 3 is 2.60 bits per heavy atom. The van der Waals surface area contributed by atoms with Crippen molar-refractivity contribution in [2.75, 3.05) is 26.3 Å². The number of ether oxygens (including phenoxy) is 1. The number of pyridine rings is 1. The molecule has 0 atom stereocenters. The van der Waals surface area contributed by atoms with Crippen LogP contribution in [0, 0.1) is 6.92 Å². The summed E-state index contributed by atoms with van der Waals surface area (Å²) < 4.78 is 5.38. The van der Waals surface area contributed by atoms with Crippen LogP contribution in [-0.4, -0.2) is 42.1 Å². The highest BCUT2D eigenvalue weighted by Gasteiger charge is 2.14. The fourth-order valence-corrected chi connectivity index (χ4v) is 2.91. The number of carbonyl (C=O) groups excluding carboxylic acids is 1. The standard InChI is InChI=1S/C19H23N3O3/c1-14-6-7-17(19(24)21-14)18(23)20-12-15-4-2-3-5-16(15)13-22-8-10-25-11-9-22/h2-7H,8-13H2,1H3,(H,20,23)(H,21,24). The molecule has 0 aliphatic carbocycles. The number of hydrogen-bond acceptors (Lipinski definition) is 4. The molecule has 25 heavy (non-hydrogen) atoms. The van der Waals surface area contributed by atoms with Gasteiger partial charge in [0.15, 0.2) is 0 Å². The van der Waals surface area contributed by atoms with Crippen molar-refractivity contribution in [1.82, 2.24) is 15.2 Å². The van der Waals surface area contributed by atoms with Gasteiger partial charge in [-0.15, -0.1) is 0 Å². The lowest BCUT2D eigenvalue weighted by Crippen LogP contribution is -2.36. The van der Waals surface area contributed by atoms with E-state index in [9.17, 15) is 9.59 Å². The Kier molecular flexibility index (Phi) is 5.63. The molecule has 2 heterocycles. The average Bonchev–Trinajstić information content (AvgIpc) is 2.61. The molecule has 132 valence electrons. The van der Waals surface area contributed by atoms with E-state index in [4.69, 9.17) is 4.74 Å². The molecular formula is C19H23N3O3. The molecule has 1 amide bonds. The summed E-state index contributed by atoms with van der Waals surface area (Å²) in [6.45, 7) is 6.36. The van der Waals surface area contributed by atoms with Crippen molar-refractivity contribution >= 4 is 5.91 Å². The number of nitrogens with one attached hydrogen (secondary N) is 2. The van der Waals surface area contributed by atoms with Gasteiger partial charge in [-0.05, 0) is 30.2 Å². The molecule has 0 bridgehead atoms. The molecule has 3 rings (SSSR count). The molecule has 1 saturated heterocycles. The number of nitrogens with zero attached hydrogens (tertiary/aromatic N) is 1. The predicted molar refractivity (Wildman–Crippen MR) is 95.5 cm³/mol. The summed E-state index contributed by atoms with van der Waals surface area (Å²) in [6, 6.07) is 11.3. The maximum absolute atomic E-state index is 12.3. The van der Waals surface area contributed by atoms with Gasteiger partial charge < -0.3 is 15.0 Å². The Balaban J connectivity index is 1.66. The quantitative estimate of drug-likeness (QED) is 0.863. The Hall–Kier alpha value is -2.44. The number of amides is 1. The molecular weight excluding hydrogens is 318 g/mol. The molecule has 1 fully saturated rings. The van der Waals surface area contributed by atoms with E-state index in [1.807, 2.05) is 18.2 Å². The molecule has 2 N–H and O–H groups in total. The monoisotopic (exact) mass is 341 g/mol. The predicted octanol–water partition coefficient (Wildman–Crippen LogP) is 1.45. The minimum Gasteiger partial charge on any atom is -0.379 e. The fourth-order valence-electron chi connectivity index (χ4n) is 2.91. The Morgan fingerprint density at radius 2 is 1.88 bits per heavy atom. The second-order valence-corrected chi connectivity index (χ2v) is 6.22. The van der Waals surface area contributed by atoms with Crippen molar-refractivity contribution in [3.63, 3.8) is 0 Å². The van der Waals surface area contributed by atoms with Crippen LogP contribution in [0.25, 0.3) is 0 Å². The zero-order valence-corrected chi connectivity index (χ0v) is 14.4. The van der Waals surface area contributed by atoms with Crippen molar-refractivity contribution in [2.45, 2.75) is 20.0 Å². The molecule has 0 radical (unpaired) electrons. The lowest BCUT2D eigenvalue weighted by atomic mass is 10.1. The second-order valence-electron chi connectivity index (χ2n) is 6.22. The summed E-state index contributed by atoms with van der Waals surface area (Å²) in [6.07, 6.45) is 0. The summed E-state index contributed by atoms with van der Waals surface area (Å²) in [5.74, 6) is -0.359. The molecule has 1 aromatic heterocycles. The van der Waals surface area contributed by atoms with Gasteiger partial charge in [-0.25, -0.2) is 0 Å². The van der Waals surface area contributed by atoms with Gasteiger partial charge in [0.2, 0.25) is 0 Å². The van der Waals surface area contributed by atoms with Gasteiger partial charge in [0, 0.05) is 31.9 Å². The normalized spacial score (nSPS) is 15.1. The molecule has 1 aliphatic rings. The smallest absolute Gasteiger partial charge is 0.260 e. The number of H-pyrrole nitrogens is 1. The number of aromatic amines is 1. The first-order valence-corrected chi connectivity index (χ1v) is 8.48. The van der Waals surface area contributed by atoms with Gasteiger partial charge in [-0.2, -0.15) is 0 Å². The van der Waals surface area contributed by atoms with Gasteiger partial charge in [-0.1, -0.05) is 24.3 Å². The summed E-state index contributed by atoms with van der Waals surface area (Å²) in [5, 5.41) is 2.85. The van der Waals surface area contributed by atoms with Gasteiger partial charge in [-0.3, -0.25) is 14.5 Å². The molecule has 6 nitrogen and oxygen atoms in total. The highest BCUT2D eigenvalue weighted by molar-refractivity contribution is 5.93. The number of benzene rings is 1. The number of morpholine rings is 1. The molecule has 1 aliphatic heterocycles. The first-order valence-electron chi connectivity index (χ1n) is 8.48. The first-order chi connectivity index (χ1) is 12.1. The van der Waals surface area contributed by atoms with E-state index in [2.05, 4.69) is 21.3 Å². The first kappa shape index (κ1) is 17.4. The largest absolute Gasteiger partial charge is 0.379 e. The van der Waals surface area contributed by atoms with Crippen molar-refractivity contribution in [1.29, 1.82) is 0 Å². The Bertz CT molecular complexity index is 794. The van der Waals surface area contributed by atoms with Crippen molar-refractivity contribution in [2.24, 2.45) is 0 Å². The van der Waals surface area contributed by atoms with Crippen molar-refractivity contribution in [3.8, 4) is 0 Å². The molecule has 0 saturated carbocycles. The minimum atomic E-state index is -0.362. The third-order valence-electron chi connectivity index (χ3n) is 4.36. The maximum Gasteiger partial charge on any atom is 0.260 e. The lowest BCUT2D eigenvalue weighted by Gasteiger charge is -2.27. The van der Waals surface area contributed by atoms with Crippen LogP contribution in [-0.2, 0) is 17.8 Å². The van der Waals surface area contributed by atoms with Gasteiger partial charge in [0.1, 0.15) is 5.56 Å². The molecule has 2 aromatic rings. The summed E-state index contributed by atoms with van der Waals surface area (Å²) in [7, 11) is 0. The van der Waals surface area contributed by atoms with E-state index in [0.717, 1.165) is 44.1 Å². The van der Waals surface area contributed by atoms with E-state index in [1.165, 1.54) is 5.56 Å². The average molecular weight is 341 g/mol. The number of aryl methyl sites for hydroxylation is 1. The van der Waals surface area contributed by atoms with Crippen LogP contribution in [0.1, 0.15) is 27.2 Å². The zero-order chi connectivity index (χ0) is 17.6. The SMILES string of the molecule is Cc1ccc(C(=O)NCc2ccccc2CN2CCOCC2)c(=O)[nH]1. The number of carbonyl (C=O) groups is 1. The molecule has 1 aromatic carbocycles. The fraction of sp³-hybridized carbons (Fsp3) is 0.368. The maximum atomic E-state index is 12.3. The van der Waals surface area contributed by atoms with Crippen molar-refractivity contribution in [3.05, 3.63) is 69.1 Å². The van der Waals surface area contributed by atoms with Crippen LogP contribution in [0.2, 0.25) is 0 Å². The second kappa shape index (κ2) is 8.09. The zero-order valence-electron chi connectivity index (χ0n) is 14.4. The number of aromatic nitrogens is 1. The Morgan fingerprint density at radius 1 is 1.16 bits per heavy atom. The van der Waals surface area contributed by atoms with Gasteiger partial charge in [0.25, 0.3) is 11.5 Å². The highest BCUT2D eigenvalue weighted by atomic mass is 16.5. The summed E-state index contributed by atoms with van der Waals surface area (Å²) in [5.41, 5.74) is 2.75. The molecule has 6 heteroatoms. The lowest BCUT2D eigenvalue weighted by molar-refractivity contribution is 0.0340. The van der Waals surface area contributed by atoms with Gasteiger partial charge in [0.05, 0.1) is 13.2 Å². The summed E-state index contributed by atoms with van der Waals surface area (Å²) >= 11 is 0. The van der Waals surface area contributed by atoms with Crippen LogP contribution < -0.4 is 10.9 Å². The third kappa shape index (κ3) is 4.55. The van der Waals surface area contributed by atoms with Crippen LogP contribution >= 0.6 is 0 Å². The summed E-state index contributed by atoms with van der Waals surface area (Å²) in [4.78, 5) is 29.2. The van der Waals surface area contributed by atoms with Crippen LogP contribution in [0.5, 0.6) is 0 Å². The van der Waals surface area contributed by atoms with E-state index < -0.39 is 0 Å².